The van der Waals surface area contributed by atoms with Crippen molar-refractivity contribution in [3.05, 3.63) is 42.2 Å². The minimum Gasteiger partial charge on any atom is -0.478 e. The van der Waals surface area contributed by atoms with Crippen molar-refractivity contribution in [2.75, 3.05) is 0 Å². The van der Waals surface area contributed by atoms with Crippen molar-refractivity contribution in [1.29, 1.82) is 0 Å². The Balaban J connectivity index is 2.18. The largest absolute Gasteiger partial charge is 0.478 e. The first-order valence-electron chi connectivity index (χ1n) is 5.37. The second-order valence-electron chi connectivity index (χ2n) is 3.72. The molecular formula is C11H8N6O2. The first-order chi connectivity index (χ1) is 9.25. The van der Waals surface area contributed by atoms with Crippen LogP contribution in [0.5, 0.6) is 0 Å². The van der Waals surface area contributed by atoms with E-state index in [0.29, 0.717) is 17.1 Å². The highest BCUT2D eigenvalue weighted by Gasteiger charge is 2.14. The smallest absolute Gasteiger partial charge is 0.337 e. The zero-order valence-electron chi connectivity index (χ0n) is 9.56. The van der Waals surface area contributed by atoms with Gasteiger partial charge in [-0.2, -0.15) is 10.3 Å². The Hall–Kier alpha value is -3.03. The fraction of sp³-hybridized carbons (Fsp3) is 0. The molecule has 0 saturated heterocycles. The lowest BCUT2D eigenvalue weighted by molar-refractivity contribution is 0.0697. The van der Waals surface area contributed by atoms with Gasteiger partial charge in [-0.05, 0) is 23.4 Å². The first kappa shape index (κ1) is 11.1. The highest BCUT2D eigenvalue weighted by atomic mass is 16.4. The molecule has 0 unspecified atom stereocenters. The molecule has 0 aliphatic heterocycles. The van der Waals surface area contributed by atoms with E-state index >= 15 is 0 Å². The lowest BCUT2D eigenvalue weighted by Crippen LogP contribution is -2.06. The van der Waals surface area contributed by atoms with Crippen LogP contribution < -0.4 is 0 Å². The SMILES string of the molecule is O=C(O)c1ccc(-c2nn[nH]n2)cc1-n1cccn1. The fourth-order valence-electron chi connectivity index (χ4n) is 1.74. The van der Waals surface area contributed by atoms with E-state index < -0.39 is 5.97 Å². The summed E-state index contributed by atoms with van der Waals surface area (Å²) in [5.41, 5.74) is 1.25. The van der Waals surface area contributed by atoms with Crippen LogP contribution in [0.1, 0.15) is 10.4 Å². The van der Waals surface area contributed by atoms with E-state index in [1.807, 2.05) is 0 Å². The third kappa shape index (κ3) is 1.95. The Kier molecular flexibility index (Phi) is 2.53. The van der Waals surface area contributed by atoms with Crippen LogP contribution in [0.4, 0.5) is 0 Å². The number of nitrogens with zero attached hydrogens (tertiary/aromatic N) is 5. The van der Waals surface area contributed by atoms with Gasteiger partial charge in [0.1, 0.15) is 0 Å². The number of aromatic amines is 1. The third-order valence-electron chi connectivity index (χ3n) is 2.58. The highest BCUT2D eigenvalue weighted by molar-refractivity contribution is 5.92. The molecule has 0 amide bonds. The molecule has 8 nitrogen and oxygen atoms in total. The van der Waals surface area contributed by atoms with E-state index in [9.17, 15) is 9.90 Å². The molecule has 0 fully saturated rings. The standard InChI is InChI=1S/C11H8N6O2/c18-11(19)8-3-2-7(10-13-15-16-14-10)6-9(8)17-5-1-4-12-17/h1-6H,(H,18,19)(H,13,14,15,16). The van der Waals surface area contributed by atoms with Crippen molar-refractivity contribution in [1.82, 2.24) is 30.4 Å². The second kappa shape index (κ2) is 4.33. The number of carbonyl (C=O) groups is 1. The van der Waals surface area contributed by atoms with Gasteiger partial charge in [0.25, 0.3) is 0 Å². The molecule has 0 bridgehead atoms. The van der Waals surface area contributed by atoms with E-state index in [1.54, 1.807) is 30.6 Å². The van der Waals surface area contributed by atoms with E-state index in [2.05, 4.69) is 25.7 Å². The number of nitrogens with one attached hydrogen (secondary N) is 1. The quantitative estimate of drug-likeness (QED) is 0.715. The number of tetrazole rings is 1. The number of H-pyrrole nitrogens is 1. The first-order valence-corrected chi connectivity index (χ1v) is 5.37. The molecule has 8 heteroatoms. The number of benzene rings is 1. The molecule has 94 valence electrons. The Morgan fingerprint density at radius 1 is 1.37 bits per heavy atom. The third-order valence-corrected chi connectivity index (χ3v) is 2.58. The second-order valence-corrected chi connectivity index (χ2v) is 3.72. The maximum Gasteiger partial charge on any atom is 0.337 e. The molecule has 2 aromatic heterocycles. The van der Waals surface area contributed by atoms with Crippen LogP contribution in [0, 0.1) is 0 Å². The molecule has 2 heterocycles. The van der Waals surface area contributed by atoms with Crippen LogP contribution in [0.25, 0.3) is 17.1 Å². The molecule has 0 aliphatic carbocycles. The maximum absolute atomic E-state index is 11.2. The van der Waals surface area contributed by atoms with E-state index in [0.717, 1.165) is 0 Å². The van der Waals surface area contributed by atoms with Gasteiger partial charge in [0.15, 0.2) is 0 Å². The maximum atomic E-state index is 11.2. The summed E-state index contributed by atoms with van der Waals surface area (Å²) in [5.74, 6) is -0.629. The predicted molar refractivity (Wildman–Crippen MR) is 63.7 cm³/mol. The van der Waals surface area contributed by atoms with Crippen LogP contribution in [0.15, 0.2) is 36.7 Å². The zero-order chi connectivity index (χ0) is 13.2. The van der Waals surface area contributed by atoms with Crippen molar-refractivity contribution in [2.45, 2.75) is 0 Å². The minimum absolute atomic E-state index is 0.149. The number of carboxylic acids is 1. The van der Waals surface area contributed by atoms with Gasteiger partial charge in [-0.3, -0.25) is 0 Å². The normalized spacial score (nSPS) is 10.5. The summed E-state index contributed by atoms with van der Waals surface area (Å²) in [7, 11) is 0. The number of rotatable bonds is 3. The average molecular weight is 256 g/mol. The summed E-state index contributed by atoms with van der Waals surface area (Å²) in [6.45, 7) is 0. The predicted octanol–water partition coefficient (Wildman–Crippen LogP) is 0.751. The Labute approximate surface area is 106 Å². The van der Waals surface area contributed by atoms with Gasteiger partial charge >= 0.3 is 5.97 Å². The molecule has 0 saturated carbocycles. The van der Waals surface area contributed by atoms with Crippen LogP contribution in [-0.2, 0) is 0 Å². The summed E-state index contributed by atoms with van der Waals surface area (Å²) in [6, 6.07) is 6.49. The number of carboxylic acid groups (broad SMARTS) is 1. The molecular weight excluding hydrogens is 248 g/mol. The van der Waals surface area contributed by atoms with E-state index in [-0.39, 0.29) is 5.56 Å². The van der Waals surface area contributed by atoms with Gasteiger partial charge in [0, 0.05) is 18.0 Å². The van der Waals surface area contributed by atoms with Crippen molar-refractivity contribution < 1.29 is 9.90 Å². The van der Waals surface area contributed by atoms with Crippen molar-refractivity contribution in [3.8, 4) is 17.1 Å². The minimum atomic E-state index is -1.02. The monoisotopic (exact) mass is 256 g/mol. The number of hydrogen-bond donors (Lipinski definition) is 2. The molecule has 0 radical (unpaired) electrons. The van der Waals surface area contributed by atoms with Gasteiger partial charge in [0.2, 0.25) is 5.82 Å². The van der Waals surface area contributed by atoms with Crippen LogP contribution >= 0.6 is 0 Å². The molecule has 3 rings (SSSR count). The van der Waals surface area contributed by atoms with Crippen molar-refractivity contribution >= 4 is 5.97 Å². The summed E-state index contributed by atoms with van der Waals surface area (Å²) >= 11 is 0. The van der Waals surface area contributed by atoms with Crippen LogP contribution in [0.3, 0.4) is 0 Å². The number of hydrogen-bond acceptors (Lipinski definition) is 5. The summed E-state index contributed by atoms with van der Waals surface area (Å²) in [5, 5.41) is 26.8. The zero-order valence-corrected chi connectivity index (χ0v) is 9.56. The van der Waals surface area contributed by atoms with Gasteiger partial charge < -0.3 is 5.11 Å². The summed E-state index contributed by atoms with van der Waals surface area (Å²) in [6.07, 6.45) is 3.24. The molecule has 1 aromatic carbocycles. The van der Waals surface area contributed by atoms with Crippen molar-refractivity contribution in [3.63, 3.8) is 0 Å². The van der Waals surface area contributed by atoms with Crippen molar-refractivity contribution in [2.24, 2.45) is 0 Å². The van der Waals surface area contributed by atoms with Gasteiger partial charge in [-0.15, -0.1) is 10.2 Å². The number of aromatic nitrogens is 6. The summed E-state index contributed by atoms with van der Waals surface area (Å²) < 4.78 is 1.48. The summed E-state index contributed by atoms with van der Waals surface area (Å²) in [4.78, 5) is 11.2. The lowest BCUT2D eigenvalue weighted by atomic mass is 10.1. The molecule has 0 atom stereocenters. The van der Waals surface area contributed by atoms with E-state index in [4.69, 9.17) is 0 Å². The molecule has 0 aliphatic rings. The lowest BCUT2D eigenvalue weighted by Gasteiger charge is -2.07. The van der Waals surface area contributed by atoms with Crippen LogP contribution in [-0.4, -0.2) is 41.5 Å². The Morgan fingerprint density at radius 2 is 2.26 bits per heavy atom. The Bertz CT molecular complexity index is 705. The van der Waals surface area contributed by atoms with Crippen LogP contribution in [0.2, 0.25) is 0 Å². The average Bonchev–Trinajstić information content (AvgIpc) is 3.11. The van der Waals surface area contributed by atoms with Gasteiger partial charge in [-0.1, -0.05) is 6.07 Å². The van der Waals surface area contributed by atoms with Gasteiger partial charge in [-0.25, -0.2) is 9.48 Å². The molecule has 2 N–H and O–H groups in total. The Morgan fingerprint density at radius 3 is 2.89 bits per heavy atom. The van der Waals surface area contributed by atoms with Gasteiger partial charge in [0.05, 0.1) is 11.3 Å². The fourth-order valence-corrected chi connectivity index (χ4v) is 1.74. The molecule has 3 aromatic rings. The number of aromatic carboxylic acids is 1. The topological polar surface area (TPSA) is 110 Å². The highest BCUT2D eigenvalue weighted by Crippen LogP contribution is 2.21. The molecule has 0 spiro atoms. The molecule has 19 heavy (non-hydrogen) atoms. The van der Waals surface area contributed by atoms with E-state index in [1.165, 1.54) is 10.7 Å².